The molecule has 1 aliphatic heterocycles. The molecule has 2 heterocycles. The Balaban J connectivity index is 1.85. The predicted molar refractivity (Wildman–Crippen MR) is 114 cm³/mol. The van der Waals surface area contributed by atoms with Crippen LogP contribution in [0.3, 0.4) is 0 Å². The Morgan fingerprint density at radius 2 is 2.21 bits per heavy atom. The highest BCUT2D eigenvalue weighted by Gasteiger charge is 2.26. The number of rotatable bonds is 7. The lowest BCUT2D eigenvalue weighted by molar-refractivity contribution is 0.0950. The van der Waals surface area contributed by atoms with E-state index in [1.54, 1.807) is 17.9 Å². The summed E-state index contributed by atoms with van der Waals surface area (Å²) < 4.78 is 12.6. The SMILES string of the molecule is CCN(c1cc(Cl)cc(C(=O)NCc2c(C)nn(C)c2OC)c1C)C1CCOC1. The number of ether oxygens (including phenoxy) is 2. The molecule has 0 aliphatic carbocycles. The second kappa shape index (κ2) is 9.05. The molecule has 2 aromatic rings. The van der Waals surface area contributed by atoms with Crippen LogP contribution in [0, 0.1) is 13.8 Å². The molecule has 1 amide bonds. The van der Waals surface area contributed by atoms with Gasteiger partial charge in [-0.1, -0.05) is 11.6 Å². The average Bonchev–Trinajstić information content (AvgIpc) is 3.30. The monoisotopic (exact) mass is 420 g/mol. The fourth-order valence-electron chi connectivity index (χ4n) is 4.00. The molecule has 1 fully saturated rings. The predicted octanol–water partition coefficient (Wildman–Crippen LogP) is 3.24. The van der Waals surface area contributed by atoms with Gasteiger partial charge in [0.25, 0.3) is 5.91 Å². The van der Waals surface area contributed by atoms with Crippen molar-refractivity contribution in [2.45, 2.75) is 39.8 Å². The quantitative estimate of drug-likeness (QED) is 0.744. The molecular formula is C21H29ClN4O3. The summed E-state index contributed by atoms with van der Waals surface area (Å²) in [4.78, 5) is 15.3. The Morgan fingerprint density at radius 1 is 1.45 bits per heavy atom. The molecule has 1 aromatic carbocycles. The van der Waals surface area contributed by atoms with E-state index in [1.165, 1.54) is 0 Å². The minimum absolute atomic E-state index is 0.171. The number of carbonyl (C=O) groups excluding carboxylic acids is 1. The van der Waals surface area contributed by atoms with Gasteiger partial charge in [0.05, 0.1) is 37.6 Å². The number of anilines is 1. The summed E-state index contributed by atoms with van der Waals surface area (Å²) in [6, 6.07) is 3.96. The van der Waals surface area contributed by atoms with Crippen LogP contribution in [-0.2, 0) is 18.3 Å². The molecule has 158 valence electrons. The standard InChI is InChI=1S/C21H29ClN4O3/c1-6-26(16-7-8-29-12-16)19-10-15(22)9-17(13(19)2)20(27)23-11-18-14(3)24-25(4)21(18)28-5/h9-10,16H,6-8,11-12H2,1-5H3,(H,23,27). The van der Waals surface area contributed by atoms with Crippen LogP contribution in [0.25, 0.3) is 0 Å². The first-order valence-corrected chi connectivity index (χ1v) is 10.2. The molecule has 0 saturated carbocycles. The van der Waals surface area contributed by atoms with E-state index in [2.05, 4.69) is 22.2 Å². The van der Waals surface area contributed by atoms with Crippen LogP contribution in [0.15, 0.2) is 12.1 Å². The first-order chi connectivity index (χ1) is 13.9. The maximum Gasteiger partial charge on any atom is 0.251 e. The normalized spacial score (nSPS) is 16.1. The van der Waals surface area contributed by atoms with E-state index in [0.717, 1.165) is 42.1 Å². The first-order valence-electron chi connectivity index (χ1n) is 9.86. The second-order valence-corrected chi connectivity index (χ2v) is 7.72. The van der Waals surface area contributed by atoms with Crippen molar-refractivity contribution in [3.05, 3.63) is 39.5 Å². The number of hydrogen-bond acceptors (Lipinski definition) is 5. The van der Waals surface area contributed by atoms with Gasteiger partial charge in [0.15, 0.2) is 0 Å². The summed E-state index contributed by atoms with van der Waals surface area (Å²) >= 11 is 6.40. The number of aromatic nitrogens is 2. The fraction of sp³-hybridized carbons (Fsp3) is 0.524. The van der Waals surface area contributed by atoms with E-state index in [-0.39, 0.29) is 5.91 Å². The molecule has 0 radical (unpaired) electrons. The maximum absolute atomic E-state index is 13.0. The van der Waals surface area contributed by atoms with Crippen molar-refractivity contribution in [1.82, 2.24) is 15.1 Å². The van der Waals surface area contributed by atoms with Gasteiger partial charge < -0.3 is 19.7 Å². The van der Waals surface area contributed by atoms with Crippen LogP contribution in [0.1, 0.15) is 40.5 Å². The number of halogens is 1. The Labute approximate surface area is 176 Å². The second-order valence-electron chi connectivity index (χ2n) is 7.28. The molecule has 7 nitrogen and oxygen atoms in total. The van der Waals surface area contributed by atoms with E-state index in [9.17, 15) is 4.79 Å². The summed E-state index contributed by atoms with van der Waals surface area (Å²) in [6.07, 6.45) is 0.974. The van der Waals surface area contributed by atoms with Crippen molar-refractivity contribution < 1.29 is 14.3 Å². The Hall–Kier alpha value is -2.25. The van der Waals surface area contributed by atoms with Crippen molar-refractivity contribution in [2.24, 2.45) is 7.05 Å². The topological polar surface area (TPSA) is 68.6 Å². The van der Waals surface area contributed by atoms with Crippen molar-refractivity contribution >= 4 is 23.2 Å². The number of hydrogen-bond donors (Lipinski definition) is 1. The van der Waals surface area contributed by atoms with Crippen LogP contribution in [0.2, 0.25) is 5.02 Å². The third-order valence-corrected chi connectivity index (χ3v) is 5.71. The Morgan fingerprint density at radius 3 is 2.83 bits per heavy atom. The van der Waals surface area contributed by atoms with Crippen molar-refractivity contribution in [3.63, 3.8) is 0 Å². The van der Waals surface area contributed by atoms with Gasteiger partial charge in [-0.2, -0.15) is 5.10 Å². The molecule has 1 aliphatic rings. The largest absolute Gasteiger partial charge is 0.481 e. The van der Waals surface area contributed by atoms with Gasteiger partial charge in [0.2, 0.25) is 5.88 Å². The molecule has 3 rings (SSSR count). The number of likely N-dealkylation sites (N-methyl/N-ethyl adjacent to an activating group) is 1. The Bertz CT molecular complexity index is 891. The zero-order valence-electron chi connectivity index (χ0n) is 17.7. The summed E-state index contributed by atoms with van der Waals surface area (Å²) in [5.74, 6) is 0.472. The summed E-state index contributed by atoms with van der Waals surface area (Å²) in [5, 5.41) is 7.89. The number of amides is 1. The number of methoxy groups -OCH3 is 1. The van der Waals surface area contributed by atoms with E-state index in [4.69, 9.17) is 21.1 Å². The first kappa shape index (κ1) is 21.5. The number of benzene rings is 1. The molecule has 1 aromatic heterocycles. The average molecular weight is 421 g/mol. The highest BCUT2D eigenvalue weighted by Crippen LogP contribution is 2.31. The minimum atomic E-state index is -0.171. The molecule has 1 atom stereocenters. The number of aryl methyl sites for hydroxylation is 2. The summed E-state index contributed by atoms with van der Waals surface area (Å²) in [5.41, 5.74) is 4.16. The van der Waals surface area contributed by atoms with Crippen LogP contribution in [-0.4, -0.2) is 48.6 Å². The van der Waals surface area contributed by atoms with Crippen LogP contribution < -0.4 is 15.0 Å². The van der Waals surface area contributed by atoms with Gasteiger partial charge in [-0.15, -0.1) is 0 Å². The van der Waals surface area contributed by atoms with Crippen molar-refractivity contribution in [2.75, 3.05) is 31.8 Å². The van der Waals surface area contributed by atoms with Crippen LogP contribution in [0.5, 0.6) is 5.88 Å². The third-order valence-electron chi connectivity index (χ3n) is 5.49. The Kier molecular flexibility index (Phi) is 6.70. The summed E-state index contributed by atoms with van der Waals surface area (Å²) in [6.45, 7) is 8.58. The van der Waals surface area contributed by atoms with Gasteiger partial charge in [-0.3, -0.25) is 4.79 Å². The van der Waals surface area contributed by atoms with Crippen molar-refractivity contribution in [1.29, 1.82) is 0 Å². The molecule has 29 heavy (non-hydrogen) atoms. The van der Waals surface area contributed by atoms with Crippen LogP contribution in [0.4, 0.5) is 5.69 Å². The molecule has 1 N–H and O–H groups in total. The molecule has 1 unspecified atom stereocenters. The molecule has 1 saturated heterocycles. The van der Waals surface area contributed by atoms with Gasteiger partial charge in [0.1, 0.15) is 0 Å². The van der Waals surface area contributed by atoms with Gasteiger partial charge in [-0.25, -0.2) is 4.68 Å². The number of nitrogens with zero attached hydrogens (tertiary/aromatic N) is 3. The number of nitrogens with one attached hydrogen (secondary N) is 1. The highest BCUT2D eigenvalue weighted by atomic mass is 35.5. The van der Waals surface area contributed by atoms with E-state index >= 15 is 0 Å². The number of carbonyl (C=O) groups is 1. The van der Waals surface area contributed by atoms with Crippen LogP contribution >= 0.6 is 11.6 Å². The fourth-order valence-corrected chi connectivity index (χ4v) is 4.21. The lowest BCUT2D eigenvalue weighted by Crippen LogP contribution is -2.36. The molecule has 8 heteroatoms. The summed E-state index contributed by atoms with van der Waals surface area (Å²) in [7, 11) is 3.41. The molecular weight excluding hydrogens is 392 g/mol. The van der Waals surface area contributed by atoms with Crippen molar-refractivity contribution in [3.8, 4) is 5.88 Å². The highest BCUT2D eigenvalue weighted by molar-refractivity contribution is 6.31. The lowest BCUT2D eigenvalue weighted by atomic mass is 10.0. The molecule has 0 spiro atoms. The minimum Gasteiger partial charge on any atom is -0.481 e. The van der Waals surface area contributed by atoms with Gasteiger partial charge in [0, 0.05) is 36.5 Å². The van der Waals surface area contributed by atoms with Gasteiger partial charge in [-0.05, 0) is 44.9 Å². The van der Waals surface area contributed by atoms with E-state index in [0.29, 0.717) is 35.7 Å². The zero-order valence-corrected chi connectivity index (χ0v) is 18.5. The molecule has 0 bridgehead atoms. The maximum atomic E-state index is 13.0. The van der Waals surface area contributed by atoms with Gasteiger partial charge >= 0.3 is 0 Å². The zero-order chi connectivity index (χ0) is 21.1. The van der Waals surface area contributed by atoms with E-state index < -0.39 is 0 Å². The van der Waals surface area contributed by atoms with E-state index in [1.807, 2.05) is 27.0 Å². The lowest BCUT2D eigenvalue weighted by Gasteiger charge is -2.31. The smallest absolute Gasteiger partial charge is 0.251 e. The third kappa shape index (κ3) is 4.36.